The minimum absolute atomic E-state index is 0.0438. The summed E-state index contributed by atoms with van der Waals surface area (Å²) in [6.45, 7) is 16.9. The Morgan fingerprint density at radius 3 is 1.95 bits per heavy atom. The number of halogens is 2. The summed E-state index contributed by atoms with van der Waals surface area (Å²) in [6, 6.07) is 21.8. The SMILES string of the molecule is CC(C)(C)[Si](C)(C)O[C@H]1[C@@H](F)[C@H](n2ccc(N)nc2=O)O[C@]1(CCl)CO[Si](c1ccccc1)(c1ccccc1)C(C)(C)C. The Labute approximate surface area is 261 Å². The van der Waals surface area contributed by atoms with Crippen LogP contribution >= 0.6 is 11.6 Å². The van der Waals surface area contributed by atoms with Crippen molar-refractivity contribution < 1.29 is 18.0 Å². The van der Waals surface area contributed by atoms with Crippen molar-refractivity contribution in [1.82, 2.24) is 9.55 Å². The second-order valence-electron chi connectivity index (χ2n) is 13.9. The lowest BCUT2D eigenvalue weighted by atomic mass is 9.99. The van der Waals surface area contributed by atoms with Gasteiger partial charge in [-0.3, -0.25) is 4.57 Å². The van der Waals surface area contributed by atoms with Gasteiger partial charge in [0.25, 0.3) is 8.32 Å². The molecule has 4 atom stereocenters. The molecular formula is C32H45ClFN3O4Si2. The maximum atomic E-state index is 16.8. The minimum atomic E-state index is -3.05. The van der Waals surface area contributed by atoms with Crippen LogP contribution in [0.2, 0.25) is 23.2 Å². The molecule has 1 saturated heterocycles. The molecule has 3 aromatic rings. The fraction of sp³-hybridized carbons (Fsp3) is 0.500. The lowest BCUT2D eigenvalue weighted by molar-refractivity contribution is -0.109. The standard InChI is InChI=1S/C32H45ClFN3O4Si2/c1-30(2,3)42(7,8)41-27-26(34)28(37-20-19-25(35)36-29(37)38)40-32(27,21-33)22-39-43(31(4,5)6,23-15-11-9-12-16-23)24-17-13-10-14-18-24/h9-20,26-28H,21-22H2,1-8H3,(H2,35,36,38)/t26-,27+,28-,32-/m1/s1. The molecule has 0 unspecified atom stereocenters. The molecule has 1 aliphatic rings. The van der Waals surface area contributed by atoms with Gasteiger partial charge in [0.15, 0.2) is 20.7 Å². The number of nitrogen functional groups attached to an aromatic ring is 1. The van der Waals surface area contributed by atoms with Crippen LogP contribution in [-0.4, -0.2) is 56.5 Å². The molecule has 11 heteroatoms. The molecule has 0 spiro atoms. The zero-order valence-electron chi connectivity index (χ0n) is 26.4. The Morgan fingerprint density at radius 2 is 1.51 bits per heavy atom. The van der Waals surface area contributed by atoms with E-state index in [9.17, 15) is 4.79 Å². The number of ether oxygens (including phenoxy) is 1. The van der Waals surface area contributed by atoms with Crippen molar-refractivity contribution in [2.45, 2.75) is 88.8 Å². The molecule has 234 valence electrons. The number of aromatic nitrogens is 2. The number of rotatable bonds is 9. The molecule has 0 radical (unpaired) electrons. The first-order valence-corrected chi connectivity index (χ1v) is 20.0. The van der Waals surface area contributed by atoms with E-state index in [-0.39, 0.29) is 28.4 Å². The number of anilines is 1. The number of benzene rings is 2. The van der Waals surface area contributed by atoms with E-state index in [0.29, 0.717) is 0 Å². The summed E-state index contributed by atoms with van der Waals surface area (Å²) in [5.41, 5.74) is 3.61. The summed E-state index contributed by atoms with van der Waals surface area (Å²) in [4.78, 5) is 16.7. The van der Waals surface area contributed by atoms with Gasteiger partial charge in [0.1, 0.15) is 17.5 Å². The second-order valence-corrected chi connectivity index (χ2v) is 23.3. The van der Waals surface area contributed by atoms with Crippen molar-refractivity contribution in [2.75, 3.05) is 18.2 Å². The van der Waals surface area contributed by atoms with Gasteiger partial charge in [0.2, 0.25) is 0 Å². The smallest absolute Gasteiger partial charge is 0.351 e. The van der Waals surface area contributed by atoms with Gasteiger partial charge in [-0.2, -0.15) is 4.98 Å². The topological polar surface area (TPSA) is 88.6 Å². The first kappa shape index (κ1) is 33.5. The van der Waals surface area contributed by atoms with Crippen LogP contribution in [-0.2, 0) is 13.6 Å². The Bertz CT molecular complexity index is 1410. The zero-order valence-corrected chi connectivity index (χ0v) is 29.2. The summed E-state index contributed by atoms with van der Waals surface area (Å²) < 4.78 is 38.5. The molecule has 0 saturated carbocycles. The van der Waals surface area contributed by atoms with E-state index < -0.39 is 46.4 Å². The fourth-order valence-corrected chi connectivity index (χ4v) is 11.8. The first-order chi connectivity index (χ1) is 20.0. The van der Waals surface area contributed by atoms with E-state index in [1.54, 1.807) is 0 Å². The van der Waals surface area contributed by atoms with Crippen molar-refractivity contribution in [3.8, 4) is 0 Å². The molecule has 0 amide bonds. The normalized spacial score (nSPS) is 23.4. The first-order valence-electron chi connectivity index (χ1n) is 14.6. The Hall–Kier alpha value is -2.35. The van der Waals surface area contributed by atoms with E-state index in [1.165, 1.54) is 12.3 Å². The largest absolute Gasteiger partial charge is 0.408 e. The van der Waals surface area contributed by atoms with E-state index in [2.05, 4.69) is 83.9 Å². The van der Waals surface area contributed by atoms with Crippen LogP contribution in [0.15, 0.2) is 77.7 Å². The van der Waals surface area contributed by atoms with E-state index in [1.807, 2.05) is 36.4 Å². The van der Waals surface area contributed by atoms with E-state index >= 15 is 4.39 Å². The highest BCUT2D eigenvalue weighted by Gasteiger charge is 2.61. The molecule has 1 aliphatic heterocycles. The van der Waals surface area contributed by atoms with Crippen LogP contribution in [0.1, 0.15) is 47.8 Å². The van der Waals surface area contributed by atoms with Gasteiger partial charge in [-0.25, -0.2) is 9.18 Å². The fourth-order valence-electron chi connectivity index (χ4n) is 5.56. The third-order valence-electron chi connectivity index (χ3n) is 8.97. The summed E-state index contributed by atoms with van der Waals surface area (Å²) in [6.07, 6.45) is -2.74. The van der Waals surface area contributed by atoms with Crippen LogP contribution in [0, 0.1) is 0 Å². The van der Waals surface area contributed by atoms with E-state index in [4.69, 9.17) is 30.9 Å². The third kappa shape index (κ3) is 6.28. The molecule has 1 aromatic heterocycles. The summed E-state index contributed by atoms with van der Waals surface area (Å²) >= 11 is 6.78. The number of hydrogen-bond donors (Lipinski definition) is 1. The van der Waals surface area contributed by atoms with Gasteiger partial charge in [-0.05, 0) is 39.6 Å². The molecular weight excluding hydrogens is 601 g/mol. The van der Waals surface area contributed by atoms with Gasteiger partial charge >= 0.3 is 5.69 Å². The Morgan fingerprint density at radius 1 is 0.977 bits per heavy atom. The maximum Gasteiger partial charge on any atom is 0.351 e. The maximum absolute atomic E-state index is 16.8. The van der Waals surface area contributed by atoms with Crippen LogP contribution < -0.4 is 21.8 Å². The van der Waals surface area contributed by atoms with Gasteiger partial charge in [-0.15, -0.1) is 11.6 Å². The van der Waals surface area contributed by atoms with E-state index in [0.717, 1.165) is 14.9 Å². The van der Waals surface area contributed by atoms with Crippen LogP contribution in [0.25, 0.3) is 0 Å². The lowest BCUT2D eigenvalue weighted by Gasteiger charge is -2.47. The Balaban J connectivity index is 1.87. The van der Waals surface area contributed by atoms with Gasteiger partial charge in [0.05, 0.1) is 12.5 Å². The quantitative estimate of drug-likeness (QED) is 0.240. The van der Waals surface area contributed by atoms with Crippen molar-refractivity contribution in [1.29, 1.82) is 0 Å². The van der Waals surface area contributed by atoms with Crippen molar-refractivity contribution in [3.63, 3.8) is 0 Å². The highest BCUT2D eigenvalue weighted by Crippen LogP contribution is 2.47. The molecule has 4 rings (SSSR count). The highest BCUT2D eigenvalue weighted by atomic mass is 35.5. The molecule has 2 heterocycles. The monoisotopic (exact) mass is 645 g/mol. The van der Waals surface area contributed by atoms with Crippen LogP contribution in [0.5, 0.6) is 0 Å². The van der Waals surface area contributed by atoms with Crippen LogP contribution in [0.4, 0.5) is 10.2 Å². The summed E-state index contributed by atoms with van der Waals surface area (Å²) in [5.74, 6) is -0.0687. The molecule has 1 fully saturated rings. The average molecular weight is 646 g/mol. The molecule has 0 aliphatic carbocycles. The predicted octanol–water partition coefficient (Wildman–Crippen LogP) is 5.64. The summed E-state index contributed by atoms with van der Waals surface area (Å²) in [7, 11) is -5.60. The van der Waals surface area contributed by atoms with Gasteiger partial charge in [-0.1, -0.05) is 102 Å². The van der Waals surface area contributed by atoms with Gasteiger partial charge < -0.3 is 19.3 Å². The van der Waals surface area contributed by atoms with Crippen molar-refractivity contribution in [3.05, 3.63) is 83.4 Å². The second kappa shape index (κ2) is 12.2. The molecule has 7 nitrogen and oxygen atoms in total. The number of nitrogens with two attached hydrogens (primary N) is 1. The lowest BCUT2D eigenvalue weighted by Crippen LogP contribution is -2.68. The molecule has 0 bridgehead atoms. The highest BCUT2D eigenvalue weighted by molar-refractivity contribution is 6.99. The average Bonchev–Trinajstić information content (AvgIpc) is 3.20. The van der Waals surface area contributed by atoms with Crippen molar-refractivity contribution in [2.24, 2.45) is 0 Å². The summed E-state index contributed by atoms with van der Waals surface area (Å²) in [5, 5.41) is 1.60. The molecule has 2 aromatic carbocycles. The molecule has 2 N–H and O–H groups in total. The predicted molar refractivity (Wildman–Crippen MR) is 177 cm³/mol. The Kier molecular flexibility index (Phi) is 9.53. The van der Waals surface area contributed by atoms with Gasteiger partial charge in [0, 0.05) is 6.20 Å². The van der Waals surface area contributed by atoms with Crippen LogP contribution in [0.3, 0.4) is 0 Å². The number of hydrogen-bond acceptors (Lipinski definition) is 6. The zero-order chi connectivity index (χ0) is 31.8. The van der Waals surface area contributed by atoms with Crippen molar-refractivity contribution >= 4 is 44.4 Å². The number of nitrogens with zero attached hydrogens (tertiary/aromatic N) is 2. The minimum Gasteiger partial charge on any atom is -0.408 e. The third-order valence-corrected chi connectivity index (χ3v) is 18.9. The number of alkyl halides is 2. The molecule has 43 heavy (non-hydrogen) atoms.